The molecule has 0 saturated carbocycles. The lowest BCUT2D eigenvalue weighted by molar-refractivity contribution is 0.634. The summed E-state index contributed by atoms with van der Waals surface area (Å²) in [5.41, 5.74) is 0. The maximum absolute atomic E-state index is 5.56. The van der Waals surface area contributed by atoms with E-state index in [1.807, 2.05) is 0 Å². The highest BCUT2D eigenvalue weighted by molar-refractivity contribution is 7.19. The zero-order valence-electron chi connectivity index (χ0n) is 9.36. The Morgan fingerprint density at radius 2 is 2.25 bits per heavy atom. The minimum atomic E-state index is 0.0531. The zero-order valence-corrected chi connectivity index (χ0v) is 10.2. The molecule has 0 amide bonds. The van der Waals surface area contributed by atoms with Crippen LogP contribution in [0.2, 0.25) is 0 Å². The van der Waals surface area contributed by atoms with Crippen molar-refractivity contribution in [3.05, 3.63) is 35.2 Å². The predicted octanol–water partition coefficient (Wildman–Crippen LogP) is 3.58. The molecule has 0 aliphatic rings. The van der Waals surface area contributed by atoms with Gasteiger partial charge in [0.2, 0.25) is 0 Å². The molecule has 2 aromatic rings. The van der Waals surface area contributed by atoms with Gasteiger partial charge in [-0.15, -0.1) is 17.8 Å². The van der Waals surface area contributed by atoms with Crippen LogP contribution in [0.3, 0.4) is 0 Å². The van der Waals surface area contributed by atoms with E-state index in [2.05, 4.69) is 48.5 Å². The molecular formula is C14H15NS. The highest BCUT2D eigenvalue weighted by Gasteiger charge is 2.10. The summed E-state index contributed by atoms with van der Waals surface area (Å²) in [4.78, 5) is 1.23. The third-order valence-corrected chi connectivity index (χ3v) is 3.68. The Bertz CT molecular complexity index is 474. The van der Waals surface area contributed by atoms with Crippen molar-refractivity contribution < 1.29 is 0 Å². The minimum Gasteiger partial charge on any atom is -0.299 e. The quantitative estimate of drug-likeness (QED) is 0.790. The summed E-state index contributed by atoms with van der Waals surface area (Å²) < 4.78 is 1.30. The van der Waals surface area contributed by atoms with E-state index in [1.165, 1.54) is 15.0 Å². The molecule has 16 heavy (non-hydrogen) atoms. The number of terminal acetylenes is 1. The van der Waals surface area contributed by atoms with Gasteiger partial charge in [0.1, 0.15) is 6.04 Å². The number of hydrogen-bond acceptors (Lipinski definition) is 2. The molecule has 1 aromatic carbocycles. The molecule has 1 N–H and O–H groups in total. The Morgan fingerprint density at radius 1 is 1.44 bits per heavy atom. The van der Waals surface area contributed by atoms with E-state index in [9.17, 15) is 0 Å². The van der Waals surface area contributed by atoms with Crippen molar-refractivity contribution in [2.24, 2.45) is 0 Å². The number of nitrogens with one attached hydrogen (secondary N) is 1. The Balaban J connectivity index is 2.28. The van der Waals surface area contributed by atoms with Gasteiger partial charge in [-0.05, 0) is 30.5 Å². The van der Waals surface area contributed by atoms with Gasteiger partial charge in [0.05, 0.1) is 0 Å². The summed E-state index contributed by atoms with van der Waals surface area (Å²) in [7, 11) is 0. The summed E-state index contributed by atoms with van der Waals surface area (Å²) >= 11 is 1.78. The molecule has 1 atom stereocenters. The van der Waals surface area contributed by atoms with Gasteiger partial charge in [0.15, 0.2) is 0 Å². The topological polar surface area (TPSA) is 12.0 Å². The number of rotatable bonds is 4. The van der Waals surface area contributed by atoms with Crippen LogP contribution in [0.15, 0.2) is 30.3 Å². The van der Waals surface area contributed by atoms with Gasteiger partial charge in [0.25, 0.3) is 0 Å². The van der Waals surface area contributed by atoms with Crippen LogP contribution < -0.4 is 5.32 Å². The fourth-order valence-corrected chi connectivity index (χ4v) is 2.78. The van der Waals surface area contributed by atoms with E-state index in [4.69, 9.17) is 6.42 Å². The van der Waals surface area contributed by atoms with Crippen molar-refractivity contribution in [3.63, 3.8) is 0 Å². The van der Waals surface area contributed by atoms with Gasteiger partial charge in [-0.25, -0.2) is 0 Å². The lowest BCUT2D eigenvalue weighted by atomic mass is 10.2. The first-order valence-corrected chi connectivity index (χ1v) is 6.34. The Kier molecular flexibility index (Phi) is 3.61. The smallest absolute Gasteiger partial charge is 0.104 e. The largest absolute Gasteiger partial charge is 0.299 e. The summed E-state index contributed by atoms with van der Waals surface area (Å²) in [6.45, 7) is 3.11. The first-order chi connectivity index (χ1) is 7.85. The summed E-state index contributed by atoms with van der Waals surface area (Å²) in [5.74, 6) is 2.81. The molecule has 0 aliphatic heterocycles. The molecule has 0 spiro atoms. The summed E-state index contributed by atoms with van der Waals surface area (Å²) in [6, 6.07) is 10.6. The fourth-order valence-electron chi connectivity index (χ4n) is 1.67. The van der Waals surface area contributed by atoms with E-state index >= 15 is 0 Å². The van der Waals surface area contributed by atoms with Crippen LogP contribution in [0.4, 0.5) is 0 Å². The van der Waals surface area contributed by atoms with Gasteiger partial charge in [-0.1, -0.05) is 31.0 Å². The maximum atomic E-state index is 5.56. The second-order valence-electron chi connectivity index (χ2n) is 3.74. The lowest BCUT2D eigenvalue weighted by Crippen LogP contribution is -2.19. The first kappa shape index (κ1) is 11.2. The van der Waals surface area contributed by atoms with Crippen LogP contribution in [0, 0.1) is 12.3 Å². The number of fused-ring (bicyclic) bond motifs is 1. The Morgan fingerprint density at radius 3 is 2.94 bits per heavy atom. The number of hydrogen-bond donors (Lipinski definition) is 1. The standard InChI is InChI=1S/C14H15NS/c1-3-9-15-12(4-2)14-10-11-7-5-6-8-13(11)16-14/h2,5-8,10,12,15H,3,9H2,1H3. The normalized spacial score (nSPS) is 12.5. The molecule has 1 unspecified atom stereocenters. The van der Waals surface area contributed by atoms with Crippen LogP contribution >= 0.6 is 11.3 Å². The van der Waals surface area contributed by atoms with Gasteiger partial charge in [0, 0.05) is 9.58 Å². The molecule has 0 aliphatic carbocycles. The number of benzene rings is 1. The van der Waals surface area contributed by atoms with Crippen LogP contribution in [0.25, 0.3) is 10.1 Å². The predicted molar refractivity (Wildman–Crippen MR) is 71.7 cm³/mol. The summed E-state index contributed by atoms with van der Waals surface area (Å²) in [6.07, 6.45) is 6.66. The third-order valence-electron chi connectivity index (χ3n) is 2.49. The molecule has 1 aromatic heterocycles. The molecular weight excluding hydrogens is 214 g/mol. The van der Waals surface area contributed by atoms with Gasteiger partial charge in [-0.3, -0.25) is 5.32 Å². The van der Waals surface area contributed by atoms with Crippen LogP contribution in [0.5, 0.6) is 0 Å². The van der Waals surface area contributed by atoms with Gasteiger partial charge >= 0.3 is 0 Å². The fraction of sp³-hybridized carbons (Fsp3) is 0.286. The zero-order chi connectivity index (χ0) is 11.4. The monoisotopic (exact) mass is 229 g/mol. The van der Waals surface area contributed by atoms with E-state index < -0.39 is 0 Å². The SMILES string of the molecule is C#CC(NCCC)c1cc2ccccc2s1. The van der Waals surface area contributed by atoms with Crippen molar-refractivity contribution in [1.29, 1.82) is 0 Å². The number of thiophene rings is 1. The van der Waals surface area contributed by atoms with Crippen molar-refractivity contribution in [2.75, 3.05) is 6.54 Å². The van der Waals surface area contributed by atoms with E-state index in [1.54, 1.807) is 11.3 Å². The molecule has 1 heterocycles. The molecule has 0 radical (unpaired) electrons. The Hall–Kier alpha value is -1.30. The van der Waals surface area contributed by atoms with Crippen molar-refractivity contribution >= 4 is 21.4 Å². The van der Waals surface area contributed by atoms with E-state index in [0.717, 1.165) is 13.0 Å². The average Bonchev–Trinajstić information content (AvgIpc) is 2.73. The molecule has 1 nitrogen and oxygen atoms in total. The van der Waals surface area contributed by atoms with Crippen LogP contribution in [0.1, 0.15) is 24.3 Å². The van der Waals surface area contributed by atoms with Gasteiger partial charge in [-0.2, -0.15) is 0 Å². The second-order valence-corrected chi connectivity index (χ2v) is 4.86. The highest BCUT2D eigenvalue weighted by Crippen LogP contribution is 2.29. The second kappa shape index (κ2) is 5.16. The molecule has 2 rings (SSSR count). The van der Waals surface area contributed by atoms with Crippen molar-refractivity contribution in [1.82, 2.24) is 5.32 Å². The van der Waals surface area contributed by atoms with Crippen LogP contribution in [-0.4, -0.2) is 6.54 Å². The molecule has 0 fully saturated rings. The minimum absolute atomic E-state index is 0.0531. The van der Waals surface area contributed by atoms with E-state index in [-0.39, 0.29) is 6.04 Å². The average molecular weight is 229 g/mol. The lowest BCUT2D eigenvalue weighted by Gasteiger charge is -2.09. The van der Waals surface area contributed by atoms with E-state index in [0.29, 0.717) is 0 Å². The maximum Gasteiger partial charge on any atom is 0.104 e. The van der Waals surface area contributed by atoms with Crippen LogP contribution in [-0.2, 0) is 0 Å². The molecule has 0 bridgehead atoms. The Labute approximate surface area is 100 Å². The molecule has 0 saturated heterocycles. The van der Waals surface area contributed by atoms with Gasteiger partial charge < -0.3 is 0 Å². The molecule has 82 valence electrons. The van der Waals surface area contributed by atoms with Crippen molar-refractivity contribution in [2.45, 2.75) is 19.4 Å². The summed E-state index contributed by atoms with van der Waals surface area (Å²) in [5, 5.41) is 4.65. The third kappa shape index (κ3) is 2.27. The highest BCUT2D eigenvalue weighted by atomic mass is 32.1. The first-order valence-electron chi connectivity index (χ1n) is 5.53. The van der Waals surface area contributed by atoms with Crippen molar-refractivity contribution in [3.8, 4) is 12.3 Å². The molecule has 2 heteroatoms.